The Kier molecular flexibility index (Phi) is 7.18. The summed E-state index contributed by atoms with van der Waals surface area (Å²) < 4.78 is 43.9. The van der Waals surface area contributed by atoms with Crippen LogP contribution in [0.4, 0.5) is 19.0 Å². The molecule has 0 radical (unpaired) electrons. The summed E-state index contributed by atoms with van der Waals surface area (Å²) in [6.45, 7) is 4.82. The number of carbonyl (C=O) groups is 1. The monoisotopic (exact) mass is 421 g/mol. The molecule has 0 aliphatic carbocycles. The maximum absolute atomic E-state index is 12.7. The van der Waals surface area contributed by atoms with Gasteiger partial charge in [0, 0.05) is 38.8 Å². The number of para-hydroxylation sites is 1. The van der Waals surface area contributed by atoms with Crippen molar-refractivity contribution in [3.8, 4) is 5.75 Å². The maximum atomic E-state index is 12.7. The SMILES string of the molecule is Cc1ccccc1OCCCC(=O)N1CCCN(c2ccc(C(F)(F)F)cn2)CC1. The molecule has 1 aromatic heterocycles. The summed E-state index contributed by atoms with van der Waals surface area (Å²) in [5.74, 6) is 1.41. The van der Waals surface area contributed by atoms with E-state index in [9.17, 15) is 18.0 Å². The molecule has 30 heavy (non-hydrogen) atoms. The number of benzene rings is 1. The van der Waals surface area contributed by atoms with E-state index < -0.39 is 11.7 Å². The lowest BCUT2D eigenvalue weighted by molar-refractivity contribution is -0.137. The topological polar surface area (TPSA) is 45.7 Å². The van der Waals surface area contributed by atoms with Crippen LogP contribution in [0, 0.1) is 6.92 Å². The van der Waals surface area contributed by atoms with Crippen molar-refractivity contribution in [2.75, 3.05) is 37.7 Å². The van der Waals surface area contributed by atoms with Gasteiger partial charge < -0.3 is 14.5 Å². The van der Waals surface area contributed by atoms with Crippen molar-refractivity contribution < 1.29 is 22.7 Å². The lowest BCUT2D eigenvalue weighted by atomic mass is 10.2. The first-order valence-corrected chi connectivity index (χ1v) is 10.1. The van der Waals surface area contributed by atoms with Crippen LogP contribution in [0.1, 0.15) is 30.4 Å². The number of anilines is 1. The van der Waals surface area contributed by atoms with E-state index in [1.165, 1.54) is 6.07 Å². The van der Waals surface area contributed by atoms with Gasteiger partial charge in [0.05, 0.1) is 12.2 Å². The van der Waals surface area contributed by atoms with Crippen LogP contribution >= 0.6 is 0 Å². The molecule has 1 aromatic carbocycles. The van der Waals surface area contributed by atoms with Crippen molar-refractivity contribution in [2.24, 2.45) is 0 Å². The molecule has 8 heteroatoms. The van der Waals surface area contributed by atoms with Gasteiger partial charge in [-0.2, -0.15) is 13.2 Å². The van der Waals surface area contributed by atoms with Gasteiger partial charge in [0.15, 0.2) is 0 Å². The largest absolute Gasteiger partial charge is 0.493 e. The molecule has 1 saturated heterocycles. The smallest absolute Gasteiger partial charge is 0.417 e. The van der Waals surface area contributed by atoms with Crippen molar-refractivity contribution in [1.82, 2.24) is 9.88 Å². The number of halogens is 3. The molecule has 1 fully saturated rings. The Balaban J connectivity index is 1.45. The summed E-state index contributed by atoms with van der Waals surface area (Å²) in [7, 11) is 0. The van der Waals surface area contributed by atoms with E-state index in [4.69, 9.17) is 4.74 Å². The molecule has 5 nitrogen and oxygen atoms in total. The minimum atomic E-state index is -4.39. The number of aryl methyl sites for hydroxylation is 1. The van der Waals surface area contributed by atoms with Crippen molar-refractivity contribution in [1.29, 1.82) is 0 Å². The van der Waals surface area contributed by atoms with Crippen molar-refractivity contribution in [3.05, 3.63) is 53.7 Å². The van der Waals surface area contributed by atoms with Crippen molar-refractivity contribution in [3.63, 3.8) is 0 Å². The number of aromatic nitrogens is 1. The average Bonchev–Trinajstić information content (AvgIpc) is 2.98. The van der Waals surface area contributed by atoms with Crippen LogP contribution in [0.3, 0.4) is 0 Å². The highest BCUT2D eigenvalue weighted by Crippen LogP contribution is 2.29. The third-order valence-corrected chi connectivity index (χ3v) is 5.13. The fourth-order valence-electron chi connectivity index (χ4n) is 3.42. The Morgan fingerprint density at radius 2 is 1.90 bits per heavy atom. The fraction of sp³-hybridized carbons (Fsp3) is 0.455. The van der Waals surface area contributed by atoms with Gasteiger partial charge in [-0.05, 0) is 43.5 Å². The van der Waals surface area contributed by atoms with Gasteiger partial charge in [-0.1, -0.05) is 18.2 Å². The maximum Gasteiger partial charge on any atom is 0.417 e. The van der Waals surface area contributed by atoms with Crippen molar-refractivity contribution in [2.45, 2.75) is 32.4 Å². The molecule has 0 saturated carbocycles. The number of alkyl halides is 3. The summed E-state index contributed by atoms with van der Waals surface area (Å²) in [4.78, 5) is 20.2. The molecular formula is C22H26F3N3O2. The number of nitrogens with zero attached hydrogens (tertiary/aromatic N) is 3. The summed E-state index contributed by atoms with van der Waals surface area (Å²) in [5.41, 5.74) is 0.305. The standard InChI is InChI=1S/C22H26F3N3O2/c1-17-6-2-3-7-19(17)30-15-4-8-21(29)28-12-5-11-27(13-14-28)20-10-9-18(16-26-20)22(23,24)25/h2-3,6-7,9-10,16H,4-5,8,11-15H2,1H3. The number of rotatable bonds is 6. The van der Waals surface area contributed by atoms with E-state index in [1.807, 2.05) is 41.0 Å². The second-order valence-electron chi connectivity index (χ2n) is 7.34. The van der Waals surface area contributed by atoms with Crippen LogP contribution in [-0.4, -0.2) is 48.6 Å². The van der Waals surface area contributed by atoms with Gasteiger partial charge in [-0.15, -0.1) is 0 Å². The predicted octanol–water partition coefficient (Wildman–Crippen LogP) is 4.31. The summed E-state index contributed by atoms with van der Waals surface area (Å²) in [6.07, 6.45) is -1.75. The number of carbonyl (C=O) groups excluding carboxylic acids is 1. The second kappa shape index (κ2) is 9.82. The first-order chi connectivity index (χ1) is 14.3. The van der Waals surface area contributed by atoms with E-state index in [2.05, 4.69) is 4.98 Å². The Hall–Kier alpha value is -2.77. The molecule has 0 bridgehead atoms. The molecule has 2 aromatic rings. The molecule has 2 heterocycles. The quantitative estimate of drug-likeness (QED) is 0.653. The van der Waals surface area contributed by atoms with Crippen LogP contribution in [-0.2, 0) is 11.0 Å². The first-order valence-electron chi connectivity index (χ1n) is 10.1. The Morgan fingerprint density at radius 1 is 1.10 bits per heavy atom. The average molecular weight is 421 g/mol. The Bertz CT molecular complexity index is 840. The zero-order valence-electron chi connectivity index (χ0n) is 17.0. The number of hydrogen-bond acceptors (Lipinski definition) is 4. The minimum Gasteiger partial charge on any atom is -0.493 e. The molecule has 1 amide bonds. The third-order valence-electron chi connectivity index (χ3n) is 5.13. The van der Waals surface area contributed by atoms with Gasteiger partial charge >= 0.3 is 6.18 Å². The van der Waals surface area contributed by atoms with Crippen LogP contribution in [0.2, 0.25) is 0 Å². The van der Waals surface area contributed by atoms with E-state index in [0.29, 0.717) is 51.4 Å². The van der Waals surface area contributed by atoms with Crippen LogP contribution in [0.15, 0.2) is 42.6 Å². The predicted molar refractivity (Wildman–Crippen MR) is 109 cm³/mol. The van der Waals surface area contributed by atoms with E-state index in [0.717, 1.165) is 30.0 Å². The number of amides is 1. The van der Waals surface area contributed by atoms with Crippen LogP contribution < -0.4 is 9.64 Å². The molecule has 1 aliphatic rings. The lowest BCUT2D eigenvalue weighted by Gasteiger charge is -2.23. The molecule has 1 aliphatic heterocycles. The lowest BCUT2D eigenvalue weighted by Crippen LogP contribution is -2.35. The van der Waals surface area contributed by atoms with E-state index >= 15 is 0 Å². The number of pyridine rings is 1. The second-order valence-corrected chi connectivity index (χ2v) is 7.34. The molecule has 0 spiro atoms. The number of ether oxygens (including phenoxy) is 1. The number of hydrogen-bond donors (Lipinski definition) is 0. The van der Waals surface area contributed by atoms with Gasteiger partial charge in [0.25, 0.3) is 0 Å². The van der Waals surface area contributed by atoms with Gasteiger partial charge in [-0.3, -0.25) is 4.79 Å². The normalized spacial score (nSPS) is 15.1. The zero-order chi connectivity index (χ0) is 21.6. The summed E-state index contributed by atoms with van der Waals surface area (Å²) >= 11 is 0. The molecule has 162 valence electrons. The first kappa shape index (κ1) is 21.9. The van der Waals surface area contributed by atoms with Gasteiger partial charge in [0.1, 0.15) is 11.6 Å². The fourth-order valence-corrected chi connectivity index (χ4v) is 3.42. The molecule has 0 N–H and O–H groups in total. The summed E-state index contributed by atoms with van der Waals surface area (Å²) in [5, 5.41) is 0. The van der Waals surface area contributed by atoms with Crippen LogP contribution in [0.5, 0.6) is 5.75 Å². The highest BCUT2D eigenvalue weighted by molar-refractivity contribution is 5.76. The molecule has 3 rings (SSSR count). The van der Waals surface area contributed by atoms with E-state index in [-0.39, 0.29) is 5.91 Å². The third kappa shape index (κ3) is 5.87. The highest BCUT2D eigenvalue weighted by Gasteiger charge is 2.31. The summed E-state index contributed by atoms with van der Waals surface area (Å²) in [6, 6.07) is 10.2. The molecule has 0 atom stereocenters. The van der Waals surface area contributed by atoms with Crippen molar-refractivity contribution >= 4 is 11.7 Å². The zero-order valence-corrected chi connectivity index (χ0v) is 17.0. The van der Waals surface area contributed by atoms with E-state index in [1.54, 1.807) is 0 Å². The highest BCUT2D eigenvalue weighted by atomic mass is 19.4. The molecular weight excluding hydrogens is 395 g/mol. The Labute approximate surface area is 174 Å². The van der Waals surface area contributed by atoms with Crippen LogP contribution in [0.25, 0.3) is 0 Å². The Morgan fingerprint density at radius 3 is 2.60 bits per heavy atom. The van der Waals surface area contributed by atoms with Gasteiger partial charge in [0.2, 0.25) is 5.91 Å². The minimum absolute atomic E-state index is 0.0746. The van der Waals surface area contributed by atoms with Gasteiger partial charge in [-0.25, -0.2) is 4.98 Å². The molecule has 0 unspecified atom stereocenters.